The van der Waals surface area contributed by atoms with Crippen LogP contribution in [0.2, 0.25) is 0 Å². The zero-order chi connectivity index (χ0) is 10.4. The summed E-state index contributed by atoms with van der Waals surface area (Å²) in [7, 11) is 0. The van der Waals surface area contributed by atoms with E-state index in [4.69, 9.17) is 12.2 Å². The molecule has 0 aliphatic carbocycles. The van der Waals surface area contributed by atoms with Gasteiger partial charge in [-0.15, -0.1) is 12.3 Å². The van der Waals surface area contributed by atoms with Crippen molar-refractivity contribution in [1.29, 1.82) is 0 Å². The summed E-state index contributed by atoms with van der Waals surface area (Å²) in [4.78, 5) is 0. The van der Waals surface area contributed by atoms with Gasteiger partial charge in [-0.1, -0.05) is 12.1 Å². The first-order chi connectivity index (χ1) is 6.74. The molecule has 2 heteroatoms. The predicted octanol–water partition coefficient (Wildman–Crippen LogP) is 2.63. The normalized spacial score (nSPS) is 12.1. The van der Waals surface area contributed by atoms with E-state index in [1.165, 1.54) is 12.1 Å². The number of unbranched alkanes of at least 4 members (excludes halogenated alkanes) is 1. The van der Waals surface area contributed by atoms with Gasteiger partial charge in [-0.25, -0.2) is 4.39 Å². The van der Waals surface area contributed by atoms with Crippen molar-refractivity contribution >= 4 is 0 Å². The largest absolute Gasteiger partial charge is 0.324 e. The van der Waals surface area contributed by atoms with Crippen LogP contribution >= 0.6 is 0 Å². The van der Waals surface area contributed by atoms with Gasteiger partial charge in [0, 0.05) is 12.5 Å². The molecule has 1 aromatic rings. The van der Waals surface area contributed by atoms with Gasteiger partial charge in [0.2, 0.25) is 0 Å². The van der Waals surface area contributed by atoms with Crippen LogP contribution in [0.5, 0.6) is 0 Å². The second-order valence-corrected chi connectivity index (χ2v) is 3.25. The molecule has 1 atom stereocenters. The second kappa shape index (κ2) is 5.41. The molecule has 0 amide bonds. The zero-order valence-corrected chi connectivity index (χ0v) is 8.04. The third kappa shape index (κ3) is 3.20. The van der Waals surface area contributed by atoms with Crippen LogP contribution in [0.1, 0.15) is 30.9 Å². The Morgan fingerprint density at radius 3 is 2.57 bits per heavy atom. The summed E-state index contributed by atoms with van der Waals surface area (Å²) < 4.78 is 12.6. The third-order valence-electron chi connectivity index (χ3n) is 2.13. The molecule has 74 valence electrons. The lowest BCUT2D eigenvalue weighted by atomic mass is 10.0. The smallest absolute Gasteiger partial charge is 0.123 e. The minimum absolute atomic E-state index is 0.0380. The molecule has 2 N–H and O–H groups in total. The Morgan fingerprint density at radius 1 is 1.36 bits per heavy atom. The lowest BCUT2D eigenvalue weighted by molar-refractivity contribution is 0.608. The maximum atomic E-state index is 12.6. The Hall–Kier alpha value is -1.33. The molecule has 1 rings (SSSR count). The highest BCUT2D eigenvalue weighted by Crippen LogP contribution is 2.16. The number of terminal acetylenes is 1. The quantitative estimate of drug-likeness (QED) is 0.574. The number of hydrogen-bond donors (Lipinski definition) is 1. The van der Waals surface area contributed by atoms with Crippen LogP contribution in [0.4, 0.5) is 4.39 Å². The molecule has 0 aliphatic rings. The van der Waals surface area contributed by atoms with Gasteiger partial charge in [0.05, 0.1) is 0 Å². The number of benzene rings is 1. The monoisotopic (exact) mass is 191 g/mol. The van der Waals surface area contributed by atoms with Gasteiger partial charge in [0.25, 0.3) is 0 Å². The average Bonchev–Trinajstić information content (AvgIpc) is 2.19. The fraction of sp³-hybridized carbons (Fsp3) is 0.333. The van der Waals surface area contributed by atoms with Crippen LogP contribution in [-0.4, -0.2) is 0 Å². The van der Waals surface area contributed by atoms with Crippen LogP contribution in [0.15, 0.2) is 24.3 Å². The van der Waals surface area contributed by atoms with E-state index in [0.29, 0.717) is 0 Å². The summed E-state index contributed by atoms with van der Waals surface area (Å²) in [5.74, 6) is 2.34. The van der Waals surface area contributed by atoms with E-state index in [0.717, 1.165) is 24.8 Å². The van der Waals surface area contributed by atoms with Crippen LogP contribution in [0.25, 0.3) is 0 Å². The standard InChI is InChI=1S/C12H14FN/c1-2-3-4-5-12(14)10-6-8-11(13)9-7-10/h1,6-9,12H,3-5,14H2. The first kappa shape index (κ1) is 10.7. The molecule has 0 bridgehead atoms. The molecule has 0 aliphatic heterocycles. The first-order valence-electron chi connectivity index (χ1n) is 4.68. The highest BCUT2D eigenvalue weighted by molar-refractivity contribution is 5.19. The first-order valence-corrected chi connectivity index (χ1v) is 4.68. The summed E-state index contributed by atoms with van der Waals surface area (Å²) >= 11 is 0. The van der Waals surface area contributed by atoms with E-state index in [1.807, 2.05) is 0 Å². The molecule has 0 aromatic heterocycles. The number of nitrogens with two attached hydrogens (primary N) is 1. The van der Waals surface area contributed by atoms with Gasteiger partial charge < -0.3 is 5.73 Å². The zero-order valence-electron chi connectivity index (χ0n) is 8.04. The molecule has 1 unspecified atom stereocenters. The summed E-state index contributed by atoms with van der Waals surface area (Å²) in [6, 6.07) is 6.25. The number of halogens is 1. The van der Waals surface area contributed by atoms with Gasteiger partial charge in [0.1, 0.15) is 5.82 Å². The fourth-order valence-corrected chi connectivity index (χ4v) is 1.30. The Kier molecular flexibility index (Phi) is 4.15. The van der Waals surface area contributed by atoms with Gasteiger partial charge >= 0.3 is 0 Å². The molecule has 14 heavy (non-hydrogen) atoms. The van der Waals surface area contributed by atoms with Crippen LogP contribution in [0.3, 0.4) is 0 Å². The molecule has 0 heterocycles. The molecule has 0 radical (unpaired) electrons. The Labute approximate surface area is 84.1 Å². The van der Waals surface area contributed by atoms with Crippen molar-refractivity contribution < 1.29 is 4.39 Å². The fourth-order valence-electron chi connectivity index (χ4n) is 1.30. The van der Waals surface area contributed by atoms with Crippen molar-refractivity contribution in [2.45, 2.75) is 25.3 Å². The maximum Gasteiger partial charge on any atom is 0.123 e. The Morgan fingerprint density at radius 2 is 2.00 bits per heavy atom. The Balaban J connectivity index is 2.48. The Bertz CT molecular complexity index is 310. The van der Waals surface area contributed by atoms with Gasteiger partial charge in [0.15, 0.2) is 0 Å². The van der Waals surface area contributed by atoms with Gasteiger partial charge in [-0.05, 0) is 30.5 Å². The number of hydrogen-bond acceptors (Lipinski definition) is 1. The van der Waals surface area contributed by atoms with Crippen LogP contribution < -0.4 is 5.73 Å². The molecular formula is C12H14FN. The summed E-state index contributed by atoms with van der Waals surface area (Å²) in [6.45, 7) is 0. The predicted molar refractivity (Wildman–Crippen MR) is 56.0 cm³/mol. The van der Waals surface area contributed by atoms with Crippen molar-refractivity contribution in [3.8, 4) is 12.3 Å². The van der Waals surface area contributed by atoms with Crippen molar-refractivity contribution in [3.63, 3.8) is 0 Å². The minimum atomic E-state index is -0.232. The highest BCUT2D eigenvalue weighted by Gasteiger charge is 2.04. The average molecular weight is 191 g/mol. The highest BCUT2D eigenvalue weighted by atomic mass is 19.1. The molecule has 0 saturated carbocycles. The van der Waals surface area contributed by atoms with Crippen LogP contribution in [0, 0.1) is 18.2 Å². The van der Waals surface area contributed by atoms with Crippen LogP contribution in [-0.2, 0) is 0 Å². The summed E-state index contributed by atoms with van der Waals surface area (Å²) in [6.07, 6.45) is 7.63. The molecular weight excluding hydrogens is 177 g/mol. The van der Waals surface area contributed by atoms with E-state index < -0.39 is 0 Å². The lowest BCUT2D eigenvalue weighted by Gasteiger charge is -2.10. The van der Waals surface area contributed by atoms with Crippen molar-refractivity contribution in [3.05, 3.63) is 35.6 Å². The van der Waals surface area contributed by atoms with E-state index in [9.17, 15) is 4.39 Å². The maximum absolute atomic E-state index is 12.6. The SMILES string of the molecule is C#CCCCC(N)c1ccc(F)cc1. The second-order valence-electron chi connectivity index (χ2n) is 3.25. The lowest BCUT2D eigenvalue weighted by Crippen LogP contribution is -2.09. The molecule has 1 aromatic carbocycles. The number of rotatable bonds is 4. The van der Waals surface area contributed by atoms with E-state index in [2.05, 4.69) is 5.92 Å². The van der Waals surface area contributed by atoms with E-state index in [-0.39, 0.29) is 11.9 Å². The van der Waals surface area contributed by atoms with E-state index in [1.54, 1.807) is 12.1 Å². The minimum Gasteiger partial charge on any atom is -0.324 e. The van der Waals surface area contributed by atoms with Crippen molar-refractivity contribution in [1.82, 2.24) is 0 Å². The molecule has 1 nitrogen and oxygen atoms in total. The molecule has 0 saturated heterocycles. The molecule has 0 spiro atoms. The third-order valence-corrected chi connectivity index (χ3v) is 2.13. The summed E-state index contributed by atoms with van der Waals surface area (Å²) in [5.41, 5.74) is 6.86. The molecule has 0 fully saturated rings. The van der Waals surface area contributed by atoms with E-state index >= 15 is 0 Å². The summed E-state index contributed by atoms with van der Waals surface area (Å²) in [5, 5.41) is 0. The van der Waals surface area contributed by atoms with Crippen molar-refractivity contribution in [2.24, 2.45) is 5.73 Å². The van der Waals surface area contributed by atoms with Crippen molar-refractivity contribution in [2.75, 3.05) is 0 Å². The topological polar surface area (TPSA) is 26.0 Å². The van der Waals surface area contributed by atoms with Gasteiger partial charge in [-0.3, -0.25) is 0 Å². The van der Waals surface area contributed by atoms with Gasteiger partial charge in [-0.2, -0.15) is 0 Å².